The lowest BCUT2D eigenvalue weighted by Crippen LogP contribution is -2.28. The molecule has 0 aliphatic rings. The summed E-state index contributed by atoms with van der Waals surface area (Å²) in [5.74, 6) is 0. The number of hydrogen-bond donors (Lipinski definition) is 0. The van der Waals surface area contributed by atoms with Gasteiger partial charge in [0, 0.05) is 43.3 Å². The second-order valence-electron chi connectivity index (χ2n) is 4.13. The Morgan fingerprint density at radius 1 is 1.56 bits per heavy atom. The Hall–Kier alpha value is -1.14. The van der Waals surface area contributed by atoms with Crippen LogP contribution in [0.15, 0.2) is 18.2 Å². The van der Waals surface area contributed by atoms with Crippen molar-refractivity contribution < 1.29 is 9.66 Å². The maximum absolute atomic E-state index is 10.8. The molecule has 0 aliphatic heterocycles. The fourth-order valence-corrected chi connectivity index (χ4v) is 2.11. The normalized spacial score (nSPS) is 12.2. The van der Waals surface area contributed by atoms with Gasteiger partial charge in [-0.1, -0.05) is 15.9 Å². The lowest BCUT2D eigenvalue weighted by molar-refractivity contribution is -0.385. The first kappa shape index (κ1) is 14.9. The number of halogens is 1. The Balaban J connectivity index is 2.94. The number of hydrogen-bond acceptors (Lipinski definition) is 4. The van der Waals surface area contributed by atoms with Crippen LogP contribution in [0.1, 0.15) is 12.5 Å². The molecule has 6 heteroatoms. The molecular formula is C12H17BrN2O3. The van der Waals surface area contributed by atoms with Gasteiger partial charge in [0.05, 0.1) is 11.0 Å². The monoisotopic (exact) mass is 316 g/mol. The molecule has 0 amide bonds. The molecule has 5 nitrogen and oxygen atoms in total. The van der Waals surface area contributed by atoms with Crippen molar-refractivity contribution in [2.45, 2.75) is 18.4 Å². The van der Waals surface area contributed by atoms with Crippen molar-refractivity contribution in [3.8, 4) is 0 Å². The number of alkyl halides is 1. The van der Waals surface area contributed by atoms with Crippen molar-refractivity contribution >= 4 is 27.3 Å². The van der Waals surface area contributed by atoms with Crippen molar-refractivity contribution in [3.63, 3.8) is 0 Å². The first-order valence-electron chi connectivity index (χ1n) is 5.56. The van der Waals surface area contributed by atoms with Crippen molar-refractivity contribution in [1.82, 2.24) is 0 Å². The van der Waals surface area contributed by atoms with Crippen LogP contribution in [-0.4, -0.2) is 31.7 Å². The van der Waals surface area contributed by atoms with Crippen LogP contribution < -0.4 is 4.90 Å². The molecule has 0 aromatic heterocycles. The van der Waals surface area contributed by atoms with E-state index in [0.717, 1.165) is 12.2 Å². The minimum atomic E-state index is -0.363. The van der Waals surface area contributed by atoms with Gasteiger partial charge in [0.2, 0.25) is 0 Å². The first-order valence-corrected chi connectivity index (χ1v) is 6.69. The Kier molecular flexibility index (Phi) is 5.55. The third kappa shape index (κ3) is 3.68. The van der Waals surface area contributed by atoms with Crippen LogP contribution in [-0.2, 0) is 10.1 Å². The Labute approximate surface area is 115 Å². The van der Waals surface area contributed by atoms with Crippen molar-refractivity contribution in [2.24, 2.45) is 0 Å². The molecule has 0 saturated carbocycles. The summed E-state index contributed by atoms with van der Waals surface area (Å²) in [5, 5.41) is 11.3. The number of benzene rings is 1. The predicted molar refractivity (Wildman–Crippen MR) is 75.5 cm³/mol. The Morgan fingerprint density at radius 2 is 2.22 bits per heavy atom. The largest absolute Gasteiger partial charge is 0.380 e. The quantitative estimate of drug-likeness (QED) is 0.460. The molecule has 0 saturated heterocycles. The van der Waals surface area contributed by atoms with Crippen LogP contribution in [0.5, 0.6) is 0 Å². The molecule has 18 heavy (non-hydrogen) atoms. The lowest BCUT2D eigenvalue weighted by Gasteiger charge is -2.23. The van der Waals surface area contributed by atoms with Crippen LogP contribution in [0.2, 0.25) is 0 Å². The van der Waals surface area contributed by atoms with E-state index in [1.165, 1.54) is 0 Å². The zero-order valence-electron chi connectivity index (χ0n) is 10.7. The van der Waals surface area contributed by atoms with Gasteiger partial charge in [-0.15, -0.1) is 0 Å². The van der Waals surface area contributed by atoms with Crippen molar-refractivity contribution in [2.75, 3.05) is 25.6 Å². The van der Waals surface area contributed by atoms with Crippen molar-refractivity contribution in [1.29, 1.82) is 0 Å². The highest BCUT2D eigenvalue weighted by atomic mass is 79.9. The van der Waals surface area contributed by atoms with Gasteiger partial charge in [-0.2, -0.15) is 0 Å². The summed E-state index contributed by atoms with van der Waals surface area (Å²) in [6, 6.07) is 5.13. The summed E-state index contributed by atoms with van der Waals surface area (Å²) in [4.78, 5) is 12.5. The van der Waals surface area contributed by atoms with E-state index in [0.29, 0.717) is 10.9 Å². The molecule has 0 heterocycles. The highest BCUT2D eigenvalue weighted by Crippen LogP contribution is 2.26. The molecule has 1 atom stereocenters. The summed E-state index contributed by atoms with van der Waals surface area (Å²) in [5.41, 5.74) is 1.76. The fraction of sp³-hybridized carbons (Fsp3) is 0.500. The third-order valence-electron chi connectivity index (χ3n) is 2.78. The molecule has 1 aromatic carbocycles. The van der Waals surface area contributed by atoms with E-state index < -0.39 is 0 Å². The number of rotatable bonds is 6. The molecular weight excluding hydrogens is 300 g/mol. The van der Waals surface area contributed by atoms with Gasteiger partial charge in [0.1, 0.15) is 0 Å². The lowest BCUT2D eigenvalue weighted by atomic mass is 10.1. The van der Waals surface area contributed by atoms with Crippen LogP contribution in [0.25, 0.3) is 0 Å². The molecule has 0 spiro atoms. The summed E-state index contributed by atoms with van der Waals surface area (Å²) >= 11 is 3.28. The summed E-state index contributed by atoms with van der Waals surface area (Å²) in [7, 11) is 3.60. The third-order valence-corrected chi connectivity index (χ3v) is 3.38. The second-order valence-corrected chi connectivity index (χ2v) is 4.69. The van der Waals surface area contributed by atoms with Gasteiger partial charge in [-0.05, 0) is 19.1 Å². The van der Waals surface area contributed by atoms with E-state index in [-0.39, 0.29) is 16.7 Å². The minimum absolute atomic E-state index is 0.109. The molecule has 100 valence electrons. The van der Waals surface area contributed by atoms with Crippen LogP contribution >= 0.6 is 15.9 Å². The molecule has 0 aliphatic carbocycles. The molecule has 0 fully saturated rings. The highest BCUT2D eigenvalue weighted by Gasteiger charge is 2.15. The summed E-state index contributed by atoms with van der Waals surface area (Å²) in [6.07, 6.45) is 0.109. The molecule has 1 unspecified atom stereocenters. The van der Waals surface area contributed by atoms with E-state index in [9.17, 15) is 10.1 Å². The van der Waals surface area contributed by atoms with Gasteiger partial charge < -0.3 is 9.64 Å². The van der Waals surface area contributed by atoms with Crippen molar-refractivity contribution in [3.05, 3.63) is 33.9 Å². The van der Waals surface area contributed by atoms with Crippen LogP contribution in [0, 0.1) is 10.1 Å². The summed E-state index contributed by atoms with van der Waals surface area (Å²) < 4.78 is 5.20. The van der Waals surface area contributed by atoms with Gasteiger partial charge >= 0.3 is 0 Å². The number of nitro benzene ring substituents is 1. The topological polar surface area (TPSA) is 55.6 Å². The van der Waals surface area contributed by atoms with Gasteiger partial charge in [-0.25, -0.2) is 0 Å². The number of methoxy groups -OCH3 is 1. The van der Waals surface area contributed by atoms with E-state index >= 15 is 0 Å². The van der Waals surface area contributed by atoms with Crippen LogP contribution in [0.3, 0.4) is 0 Å². The molecule has 1 aromatic rings. The second kappa shape index (κ2) is 6.70. The van der Waals surface area contributed by atoms with E-state index in [2.05, 4.69) is 15.9 Å². The van der Waals surface area contributed by atoms with Gasteiger partial charge in [0.25, 0.3) is 5.69 Å². The molecule has 0 bridgehead atoms. The Morgan fingerprint density at radius 3 is 2.72 bits per heavy atom. The SMILES string of the molecule is COC(C)CN(C)c1ccc([N+](=O)[O-])c(CBr)c1. The first-order chi connectivity index (χ1) is 8.49. The number of likely N-dealkylation sites (N-methyl/N-ethyl adjacent to an activating group) is 1. The minimum Gasteiger partial charge on any atom is -0.380 e. The molecule has 0 N–H and O–H groups in total. The average Bonchev–Trinajstić information content (AvgIpc) is 2.37. The maximum Gasteiger partial charge on any atom is 0.273 e. The smallest absolute Gasteiger partial charge is 0.273 e. The maximum atomic E-state index is 10.8. The van der Waals surface area contributed by atoms with E-state index in [1.54, 1.807) is 19.2 Å². The molecule has 1 rings (SSSR count). The standard InChI is InChI=1S/C12H17BrN2O3/c1-9(18-3)8-14(2)11-4-5-12(15(16)17)10(6-11)7-13/h4-6,9H,7-8H2,1-3H3. The average molecular weight is 317 g/mol. The summed E-state index contributed by atoms with van der Waals surface area (Å²) in [6.45, 7) is 2.71. The number of nitro groups is 1. The molecule has 0 radical (unpaired) electrons. The fourth-order valence-electron chi connectivity index (χ4n) is 1.66. The van der Waals surface area contributed by atoms with Crippen LogP contribution in [0.4, 0.5) is 11.4 Å². The van der Waals surface area contributed by atoms with Gasteiger partial charge in [0.15, 0.2) is 0 Å². The highest BCUT2D eigenvalue weighted by molar-refractivity contribution is 9.08. The van der Waals surface area contributed by atoms with Gasteiger partial charge in [-0.3, -0.25) is 10.1 Å². The van der Waals surface area contributed by atoms with E-state index in [1.807, 2.05) is 24.9 Å². The number of ether oxygens (including phenoxy) is 1. The zero-order chi connectivity index (χ0) is 13.7. The zero-order valence-corrected chi connectivity index (χ0v) is 12.3. The van der Waals surface area contributed by atoms with E-state index in [4.69, 9.17) is 4.74 Å². The number of nitrogens with zero attached hydrogens (tertiary/aromatic N) is 2. The predicted octanol–water partition coefficient (Wildman–Crippen LogP) is 2.96. The number of anilines is 1. The Bertz CT molecular complexity index is 426.